The van der Waals surface area contributed by atoms with Gasteiger partial charge >= 0.3 is 17.9 Å². The summed E-state index contributed by atoms with van der Waals surface area (Å²) in [6.07, 6.45) is 69.2. The monoisotopic (exact) mass is 937 g/mol. The molecule has 0 aliphatic rings. The minimum absolute atomic E-state index is 0.0856. The number of hydrogen-bond donors (Lipinski definition) is 0. The lowest BCUT2D eigenvalue weighted by atomic mass is 10.1. The van der Waals surface area contributed by atoms with Crippen LogP contribution in [0.1, 0.15) is 290 Å². The van der Waals surface area contributed by atoms with E-state index in [2.05, 4.69) is 81.5 Å². The molecule has 0 saturated heterocycles. The van der Waals surface area contributed by atoms with Crippen LogP contribution in [0.15, 0.2) is 60.8 Å². The Kier molecular flexibility index (Phi) is 53.3. The first-order valence-corrected chi connectivity index (χ1v) is 28.8. The molecule has 0 aromatic rings. The number of carbonyl (C=O) groups excluding carboxylic acids is 3. The molecule has 0 fully saturated rings. The zero-order chi connectivity index (χ0) is 48.6. The van der Waals surface area contributed by atoms with E-state index in [-0.39, 0.29) is 31.1 Å². The highest BCUT2D eigenvalue weighted by Gasteiger charge is 2.19. The average molecular weight is 938 g/mol. The Bertz CT molecular complexity index is 1210. The van der Waals surface area contributed by atoms with Crippen molar-refractivity contribution in [3.8, 4) is 0 Å². The van der Waals surface area contributed by atoms with Crippen LogP contribution in [-0.2, 0) is 28.6 Å². The van der Waals surface area contributed by atoms with Gasteiger partial charge in [-0.1, -0.05) is 223 Å². The Labute approximate surface area is 415 Å². The summed E-state index contributed by atoms with van der Waals surface area (Å²) in [5.74, 6) is -0.906. The minimum atomic E-state index is -0.787. The van der Waals surface area contributed by atoms with E-state index in [1.54, 1.807) is 0 Å². The molecule has 0 saturated carbocycles. The van der Waals surface area contributed by atoms with Gasteiger partial charge in [-0.3, -0.25) is 14.4 Å². The standard InChI is InChI=1S/C61H108O6/c1-4-7-10-13-16-19-22-25-27-29-30-31-32-33-35-36-39-42-45-48-51-54-60(63)66-57-58(56-65-59(62)53-50-47-44-41-38-24-21-18-15-12-9-6-3)67-61(64)55-52-49-46-43-40-37-34-28-26-23-20-17-14-11-8-5-2/h18,21-22,25,28-30,32-34,58H,4-17,19-20,23-24,26-27,31,35-57H2,1-3H3/b21-18-,25-22-,30-29-,33-32-,34-28-. The van der Waals surface area contributed by atoms with Crippen LogP contribution >= 0.6 is 0 Å². The molecule has 0 amide bonds. The van der Waals surface area contributed by atoms with E-state index in [1.165, 1.54) is 154 Å². The quantitative estimate of drug-likeness (QED) is 0.0262. The lowest BCUT2D eigenvalue weighted by molar-refractivity contribution is -0.167. The van der Waals surface area contributed by atoms with Crippen LogP contribution in [0.3, 0.4) is 0 Å². The van der Waals surface area contributed by atoms with E-state index in [1.807, 2.05) is 0 Å². The van der Waals surface area contributed by atoms with Crippen molar-refractivity contribution in [1.82, 2.24) is 0 Å². The van der Waals surface area contributed by atoms with Crippen molar-refractivity contribution in [2.45, 2.75) is 297 Å². The van der Waals surface area contributed by atoms with Crippen molar-refractivity contribution < 1.29 is 28.6 Å². The summed E-state index contributed by atoms with van der Waals surface area (Å²) in [6, 6.07) is 0. The van der Waals surface area contributed by atoms with Gasteiger partial charge in [0.1, 0.15) is 13.2 Å². The second-order valence-corrected chi connectivity index (χ2v) is 19.2. The third-order valence-corrected chi connectivity index (χ3v) is 12.5. The molecule has 0 aromatic carbocycles. The summed E-state index contributed by atoms with van der Waals surface area (Å²) in [4.78, 5) is 38.1. The Morgan fingerprint density at radius 1 is 0.299 bits per heavy atom. The van der Waals surface area contributed by atoms with Gasteiger partial charge in [-0.15, -0.1) is 0 Å². The number of unbranched alkanes of at least 4 members (excludes halogenated alkanes) is 31. The maximum Gasteiger partial charge on any atom is 0.306 e. The molecule has 1 unspecified atom stereocenters. The Morgan fingerprint density at radius 2 is 0.537 bits per heavy atom. The smallest absolute Gasteiger partial charge is 0.306 e. The van der Waals surface area contributed by atoms with E-state index in [9.17, 15) is 14.4 Å². The van der Waals surface area contributed by atoms with Crippen LogP contribution in [0, 0.1) is 0 Å². The summed E-state index contributed by atoms with van der Waals surface area (Å²) < 4.78 is 16.8. The average Bonchev–Trinajstić information content (AvgIpc) is 3.33. The fourth-order valence-corrected chi connectivity index (χ4v) is 8.09. The van der Waals surface area contributed by atoms with Gasteiger partial charge < -0.3 is 14.2 Å². The van der Waals surface area contributed by atoms with Crippen LogP contribution in [0.4, 0.5) is 0 Å². The summed E-state index contributed by atoms with van der Waals surface area (Å²) in [5.41, 5.74) is 0. The molecule has 0 radical (unpaired) electrons. The second-order valence-electron chi connectivity index (χ2n) is 19.2. The molecule has 0 heterocycles. The van der Waals surface area contributed by atoms with Crippen molar-refractivity contribution >= 4 is 17.9 Å². The molecular formula is C61H108O6. The van der Waals surface area contributed by atoms with Crippen molar-refractivity contribution in [3.63, 3.8) is 0 Å². The molecule has 0 aliphatic carbocycles. The van der Waals surface area contributed by atoms with Gasteiger partial charge in [0, 0.05) is 19.3 Å². The fraction of sp³-hybridized carbons (Fsp3) is 0.787. The Balaban J connectivity index is 4.37. The van der Waals surface area contributed by atoms with E-state index in [0.717, 1.165) is 96.3 Å². The molecule has 0 rings (SSSR count). The van der Waals surface area contributed by atoms with Crippen LogP contribution in [0.2, 0.25) is 0 Å². The van der Waals surface area contributed by atoms with E-state index >= 15 is 0 Å². The number of allylic oxidation sites excluding steroid dienone is 10. The molecule has 67 heavy (non-hydrogen) atoms. The molecule has 0 spiro atoms. The van der Waals surface area contributed by atoms with E-state index < -0.39 is 6.10 Å². The van der Waals surface area contributed by atoms with Crippen LogP contribution in [0.25, 0.3) is 0 Å². The predicted molar refractivity (Wildman–Crippen MR) is 288 cm³/mol. The number of esters is 3. The first-order chi connectivity index (χ1) is 33.0. The first kappa shape index (κ1) is 64.1. The van der Waals surface area contributed by atoms with Gasteiger partial charge in [0.05, 0.1) is 0 Å². The van der Waals surface area contributed by atoms with E-state index in [0.29, 0.717) is 19.3 Å². The predicted octanol–water partition coefficient (Wildman–Crippen LogP) is 19.2. The maximum atomic E-state index is 12.8. The van der Waals surface area contributed by atoms with Gasteiger partial charge in [0.15, 0.2) is 6.10 Å². The van der Waals surface area contributed by atoms with Crippen molar-refractivity contribution in [2.75, 3.05) is 13.2 Å². The highest BCUT2D eigenvalue weighted by Crippen LogP contribution is 2.15. The Morgan fingerprint density at radius 3 is 0.881 bits per heavy atom. The Hall–Kier alpha value is -2.89. The summed E-state index contributed by atoms with van der Waals surface area (Å²) in [7, 11) is 0. The number of hydrogen-bond acceptors (Lipinski definition) is 6. The third-order valence-electron chi connectivity index (χ3n) is 12.5. The molecule has 0 N–H and O–H groups in total. The van der Waals surface area contributed by atoms with Gasteiger partial charge in [-0.25, -0.2) is 0 Å². The molecular weight excluding hydrogens is 829 g/mol. The molecule has 0 aliphatic heterocycles. The molecule has 1 atom stereocenters. The third kappa shape index (κ3) is 53.9. The van der Waals surface area contributed by atoms with Gasteiger partial charge in [0.25, 0.3) is 0 Å². The number of ether oxygens (including phenoxy) is 3. The van der Waals surface area contributed by atoms with Crippen LogP contribution in [0.5, 0.6) is 0 Å². The zero-order valence-corrected chi connectivity index (χ0v) is 44.4. The fourth-order valence-electron chi connectivity index (χ4n) is 8.09. The van der Waals surface area contributed by atoms with Crippen molar-refractivity contribution in [1.29, 1.82) is 0 Å². The van der Waals surface area contributed by atoms with Gasteiger partial charge in [-0.2, -0.15) is 0 Å². The first-order valence-electron chi connectivity index (χ1n) is 28.8. The topological polar surface area (TPSA) is 78.9 Å². The summed E-state index contributed by atoms with van der Waals surface area (Å²) in [6.45, 7) is 6.60. The largest absolute Gasteiger partial charge is 0.462 e. The minimum Gasteiger partial charge on any atom is -0.462 e. The van der Waals surface area contributed by atoms with E-state index in [4.69, 9.17) is 14.2 Å². The molecule has 6 nitrogen and oxygen atoms in total. The van der Waals surface area contributed by atoms with Gasteiger partial charge in [0.2, 0.25) is 0 Å². The lowest BCUT2D eigenvalue weighted by Crippen LogP contribution is -2.30. The van der Waals surface area contributed by atoms with Crippen LogP contribution < -0.4 is 0 Å². The zero-order valence-electron chi connectivity index (χ0n) is 44.4. The van der Waals surface area contributed by atoms with Crippen molar-refractivity contribution in [2.24, 2.45) is 0 Å². The summed E-state index contributed by atoms with van der Waals surface area (Å²) >= 11 is 0. The second kappa shape index (κ2) is 55.7. The maximum absolute atomic E-state index is 12.8. The van der Waals surface area contributed by atoms with Crippen molar-refractivity contribution in [3.05, 3.63) is 60.8 Å². The highest BCUT2D eigenvalue weighted by atomic mass is 16.6. The van der Waals surface area contributed by atoms with Crippen LogP contribution in [-0.4, -0.2) is 37.2 Å². The summed E-state index contributed by atoms with van der Waals surface area (Å²) in [5, 5.41) is 0. The molecule has 388 valence electrons. The normalized spacial score (nSPS) is 12.5. The molecule has 0 bridgehead atoms. The number of rotatable bonds is 52. The molecule has 0 aromatic heterocycles. The highest BCUT2D eigenvalue weighted by molar-refractivity contribution is 5.71. The van der Waals surface area contributed by atoms with Gasteiger partial charge in [-0.05, 0) is 109 Å². The number of carbonyl (C=O) groups is 3. The lowest BCUT2D eigenvalue weighted by Gasteiger charge is -2.18. The SMILES string of the molecule is CCCCC/C=C\CCCCCCCC(=O)OCC(COC(=O)CCCCCCCC/C=C\C/C=C\C/C=C\CCCCCCC)OC(=O)CCCCCCC/C=C\CCCCCCCCC. The molecule has 6 heteroatoms.